The molecule has 2 aromatic carbocycles. The number of nitrogens with one attached hydrogen (secondary N) is 1. The Morgan fingerprint density at radius 2 is 1.95 bits per heavy atom. The predicted octanol–water partition coefficient (Wildman–Crippen LogP) is 4.93. The molecule has 0 fully saturated rings. The molecule has 0 atom stereocenters. The quantitative estimate of drug-likeness (QED) is 0.727. The molecular weight excluding hydrogens is 312 g/mol. The van der Waals surface area contributed by atoms with E-state index in [9.17, 15) is 13.6 Å². The van der Waals surface area contributed by atoms with Crippen LogP contribution in [0.1, 0.15) is 16.1 Å². The van der Waals surface area contributed by atoms with Crippen molar-refractivity contribution >= 4 is 34.2 Å². The highest BCUT2D eigenvalue weighted by atomic mass is 35.5. The fourth-order valence-corrected chi connectivity index (χ4v) is 2.35. The zero-order chi connectivity index (χ0) is 15.9. The van der Waals surface area contributed by atoms with Crippen LogP contribution in [-0.4, -0.2) is 5.91 Å². The molecular formula is C16H10ClF2NO2. The normalized spacial score (nSPS) is 10.9. The second-order valence-corrected chi connectivity index (χ2v) is 5.21. The minimum atomic E-state index is -0.629. The van der Waals surface area contributed by atoms with Gasteiger partial charge in [-0.05, 0) is 43.3 Å². The number of furan rings is 1. The van der Waals surface area contributed by atoms with Crippen LogP contribution in [0.5, 0.6) is 0 Å². The van der Waals surface area contributed by atoms with Crippen LogP contribution in [0.3, 0.4) is 0 Å². The lowest BCUT2D eigenvalue weighted by Gasteiger charge is -2.05. The molecule has 0 aliphatic heterocycles. The van der Waals surface area contributed by atoms with Gasteiger partial charge in [-0.25, -0.2) is 8.78 Å². The van der Waals surface area contributed by atoms with Gasteiger partial charge in [-0.3, -0.25) is 4.79 Å². The number of aryl methyl sites for hydroxylation is 1. The standard InChI is InChI=1S/C16H10ClF2NO2/c1-8-11-7-10(18)3-5-14(11)22-15(8)16(21)20-13-6-9(17)2-4-12(13)19/h2-7H,1H3,(H,20,21). The smallest absolute Gasteiger partial charge is 0.291 e. The summed E-state index contributed by atoms with van der Waals surface area (Å²) >= 11 is 5.78. The number of hydrogen-bond acceptors (Lipinski definition) is 2. The highest BCUT2D eigenvalue weighted by molar-refractivity contribution is 6.31. The summed E-state index contributed by atoms with van der Waals surface area (Å²) in [5.41, 5.74) is 0.814. The van der Waals surface area contributed by atoms with Crippen LogP contribution in [-0.2, 0) is 0 Å². The van der Waals surface area contributed by atoms with E-state index >= 15 is 0 Å². The van der Waals surface area contributed by atoms with Gasteiger partial charge in [0.2, 0.25) is 0 Å². The predicted molar refractivity (Wildman–Crippen MR) is 80.3 cm³/mol. The Morgan fingerprint density at radius 1 is 1.18 bits per heavy atom. The van der Waals surface area contributed by atoms with E-state index in [0.29, 0.717) is 21.6 Å². The van der Waals surface area contributed by atoms with Crippen LogP contribution < -0.4 is 5.32 Å². The van der Waals surface area contributed by atoms with Crippen molar-refractivity contribution in [3.8, 4) is 0 Å². The van der Waals surface area contributed by atoms with Gasteiger partial charge in [-0.2, -0.15) is 0 Å². The summed E-state index contributed by atoms with van der Waals surface area (Å²) in [5.74, 6) is -1.67. The van der Waals surface area contributed by atoms with Crippen molar-refractivity contribution in [2.75, 3.05) is 5.32 Å². The molecule has 1 aromatic heterocycles. The van der Waals surface area contributed by atoms with E-state index in [1.165, 1.54) is 30.3 Å². The topological polar surface area (TPSA) is 42.2 Å². The monoisotopic (exact) mass is 321 g/mol. The van der Waals surface area contributed by atoms with Crippen LogP contribution in [0.25, 0.3) is 11.0 Å². The van der Waals surface area contributed by atoms with E-state index in [1.807, 2.05) is 0 Å². The highest BCUT2D eigenvalue weighted by Crippen LogP contribution is 2.27. The molecule has 22 heavy (non-hydrogen) atoms. The summed E-state index contributed by atoms with van der Waals surface area (Å²) < 4.78 is 32.3. The van der Waals surface area contributed by atoms with E-state index < -0.39 is 17.5 Å². The van der Waals surface area contributed by atoms with Gasteiger partial charge >= 0.3 is 0 Å². The summed E-state index contributed by atoms with van der Waals surface area (Å²) in [5, 5.41) is 3.19. The van der Waals surface area contributed by atoms with Crippen molar-refractivity contribution in [3.63, 3.8) is 0 Å². The lowest BCUT2D eigenvalue weighted by atomic mass is 10.1. The lowest BCUT2D eigenvalue weighted by molar-refractivity contribution is 0.0997. The van der Waals surface area contributed by atoms with Gasteiger partial charge in [0.05, 0.1) is 5.69 Å². The number of fused-ring (bicyclic) bond motifs is 1. The summed E-state index contributed by atoms with van der Waals surface area (Å²) in [6, 6.07) is 7.79. The molecule has 0 saturated heterocycles. The van der Waals surface area contributed by atoms with Crippen molar-refractivity contribution in [1.82, 2.24) is 0 Å². The van der Waals surface area contributed by atoms with E-state index in [-0.39, 0.29) is 11.4 Å². The fraction of sp³-hybridized carbons (Fsp3) is 0.0625. The number of carbonyl (C=O) groups is 1. The average Bonchev–Trinajstić information content (AvgIpc) is 2.80. The zero-order valence-electron chi connectivity index (χ0n) is 11.4. The van der Waals surface area contributed by atoms with E-state index in [2.05, 4.69) is 5.32 Å². The number of carbonyl (C=O) groups excluding carboxylic acids is 1. The number of amides is 1. The van der Waals surface area contributed by atoms with Crippen molar-refractivity contribution in [2.45, 2.75) is 6.92 Å². The van der Waals surface area contributed by atoms with E-state index in [1.54, 1.807) is 6.92 Å². The van der Waals surface area contributed by atoms with Gasteiger partial charge in [-0.1, -0.05) is 11.6 Å². The molecule has 0 aliphatic rings. The average molecular weight is 322 g/mol. The minimum Gasteiger partial charge on any atom is -0.451 e. The summed E-state index contributed by atoms with van der Waals surface area (Å²) in [6.45, 7) is 1.63. The first-order chi connectivity index (χ1) is 10.5. The van der Waals surface area contributed by atoms with Gasteiger partial charge < -0.3 is 9.73 Å². The Hall–Kier alpha value is -2.40. The van der Waals surface area contributed by atoms with Gasteiger partial charge in [0.15, 0.2) is 5.76 Å². The van der Waals surface area contributed by atoms with E-state index in [4.69, 9.17) is 16.0 Å². The number of benzene rings is 2. The summed E-state index contributed by atoms with van der Waals surface area (Å²) in [6.07, 6.45) is 0. The van der Waals surface area contributed by atoms with Crippen LogP contribution in [0.4, 0.5) is 14.5 Å². The maximum Gasteiger partial charge on any atom is 0.291 e. The largest absolute Gasteiger partial charge is 0.451 e. The second-order valence-electron chi connectivity index (χ2n) is 4.77. The Morgan fingerprint density at radius 3 is 2.73 bits per heavy atom. The number of rotatable bonds is 2. The SMILES string of the molecule is Cc1c(C(=O)Nc2cc(Cl)ccc2F)oc2ccc(F)cc12. The van der Waals surface area contributed by atoms with E-state index in [0.717, 1.165) is 6.07 Å². The second kappa shape index (κ2) is 5.42. The fourth-order valence-electron chi connectivity index (χ4n) is 2.18. The first-order valence-corrected chi connectivity index (χ1v) is 6.78. The minimum absolute atomic E-state index is 0.0000227. The highest BCUT2D eigenvalue weighted by Gasteiger charge is 2.19. The third-order valence-electron chi connectivity index (χ3n) is 3.28. The molecule has 0 aliphatic carbocycles. The Bertz CT molecular complexity index is 889. The molecule has 0 unspecified atom stereocenters. The molecule has 3 nitrogen and oxygen atoms in total. The molecule has 112 valence electrons. The number of hydrogen-bond donors (Lipinski definition) is 1. The molecule has 0 radical (unpaired) electrons. The molecule has 6 heteroatoms. The maximum absolute atomic E-state index is 13.7. The third kappa shape index (κ3) is 2.55. The van der Waals surface area contributed by atoms with Gasteiger partial charge in [0.1, 0.15) is 17.2 Å². The third-order valence-corrected chi connectivity index (χ3v) is 3.52. The molecule has 3 rings (SSSR count). The summed E-state index contributed by atoms with van der Waals surface area (Å²) in [4.78, 5) is 12.2. The zero-order valence-corrected chi connectivity index (χ0v) is 12.2. The molecule has 1 N–H and O–H groups in total. The molecule has 0 saturated carbocycles. The lowest BCUT2D eigenvalue weighted by Crippen LogP contribution is -2.13. The van der Waals surface area contributed by atoms with Crippen molar-refractivity contribution in [1.29, 1.82) is 0 Å². The van der Waals surface area contributed by atoms with Gasteiger partial charge in [-0.15, -0.1) is 0 Å². The Kier molecular flexibility index (Phi) is 3.58. The number of halogens is 3. The van der Waals surface area contributed by atoms with Gasteiger partial charge in [0, 0.05) is 16.0 Å². The molecule has 0 spiro atoms. The van der Waals surface area contributed by atoms with Crippen molar-refractivity contribution in [2.24, 2.45) is 0 Å². The van der Waals surface area contributed by atoms with Crippen molar-refractivity contribution < 1.29 is 18.0 Å². The number of anilines is 1. The molecule has 0 bridgehead atoms. The maximum atomic E-state index is 13.7. The van der Waals surface area contributed by atoms with Crippen molar-refractivity contribution in [3.05, 3.63) is 64.4 Å². The van der Waals surface area contributed by atoms with Crippen LogP contribution in [0.15, 0.2) is 40.8 Å². The first-order valence-electron chi connectivity index (χ1n) is 6.41. The Labute approximate surface area is 129 Å². The van der Waals surface area contributed by atoms with Crippen LogP contribution in [0, 0.1) is 18.6 Å². The first kappa shape index (κ1) is 14.5. The Balaban J connectivity index is 1.99. The molecule has 1 heterocycles. The van der Waals surface area contributed by atoms with Gasteiger partial charge in [0.25, 0.3) is 5.91 Å². The van der Waals surface area contributed by atoms with Crippen LogP contribution in [0.2, 0.25) is 5.02 Å². The van der Waals surface area contributed by atoms with Crippen LogP contribution >= 0.6 is 11.6 Å². The molecule has 3 aromatic rings. The summed E-state index contributed by atoms with van der Waals surface area (Å²) in [7, 11) is 0. The molecule has 1 amide bonds.